The molecule has 1 unspecified atom stereocenters. The number of carbonyl (C=O) groups is 1. The molecule has 1 amide bonds. The van der Waals surface area contributed by atoms with Gasteiger partial charge < -0.3 is 15.4 Å². The fourth-order valence-electron chi connectivity index (χ4n) is 1.52. The number of anilines is 1. The third-order valence-electron chi connectivity index (χ3n) is 2.28. The lowest BCUT2D eigenvalue weighted by atomic mass is 10.2. The summed E-state index contributed by atoms with van der Waals surface area (Å²) >= 11 is 11.4. The third-order valence-corrected chi connectivity index (χ3v) is 2.62. The van der Waals surface area contributed by atoms with Crippen LogP contribution in [0.2, 0.25) is 10.6 Å². The van der Waals surface area contributed by atoms with E-state index in [1.165, 1.54) is 0 Å². The second-order valence-electron chi connectivity index (χ2n) is 3.36. The number of hydrogen-bond acceptors (Lipinski definition) is 6. The van der Waals surface area contributed by atoms with Crippen LogP contribution in [0.1, 0.15) is 0 Å². The van der Waals surface area contributed by atoms with Gasteiger partial charge in [0.05, 0.1) is 13.2 Å². The molecule has 7 nitrogen and oxygen atoms in total. The Labute approximate surface area is 107 Å². The zero-order valence-corrected chi connectivity index (χ0v) is 10.1. The number of halogens is 2. The van der Waals surface area contributed by atoms with Crippen molar-refractivity contribution in [1.82, 2.24) is 15.0 Å². The molecule has 1 saturated heterocycles. The maximum Gasteiger partial charge on any atom is 0.242 e. The van der Waals surface area contributed by atoms with Gasteiger partial charge in [0, 0.05) is 6.54 Å². The Kier molecular flexibility index (Phi) is 3.60. The van der Waals surface area contributed by atoms with E-state index >= 15 is 0 Å². The number of nitrogens with two attached hydrogens (primary N) is 1. The lowest BCUT2D eigenvalue weighted by Crippen LogP contribution is -2.53. The van der Waals surface area contributed by atoms with Crippen LogP contribution in [0.5, 0.6) is 0 Å². The molecule has 0 aromatic carbocycles. The number of rotatable bonds is 2. The van der Waals surface area contributed by atoms with Gasteiger partial charge in [-0.05, 0) is 23.2 Å². The topological polar surface area (TPSA) is 94.2 Å². The van der Waals surface area contributed by atoms with E-state index in [-0.39, 0.29) is 23.1 Å². The first-order valence-electron chi connectivity index (χ1n) is 4.78. The molecule has 9 heteroatoms. The van der Waals surface area contributed by atoms with Crippen molar-refractivity contribution < 1.29 is 9.53 Å². The standard InChI is InChI=1S/C8H9Cl2N5O2/c9-6-12-7(10)14-8(13-6)15-1-2-17-3-4(15)5(11)16/h4H,1-3H2,(H2,11,16). The minimum Gasteiger partial charge on any atom is -0.377 e. The molecule has 17 heavy (non-hydrogen) atoms. The summed E-state index contributed by atoms with van der Waals surface area (Å²) in [6.07, 6.45) is 0. The molecular formula is C8H9Cl2N5O2. The second-order valence-corrected chi connectivity index (χ2v) is 4.04. The molecule has 1 fully saturated rings. The van der Waals surface area contributed by atoms with Crippen molar-refractivity contribution >= 4 is 35.1 Å². The summed E-state index contributed by atoms with van der Waals surface area (Å²) < 4.78 is 5.18. The highest BCUT2D eigenvalue weighted by Gasteiger charge is 2.30. The minimum atomic E-state index is -0.627. The Balaban J connectivity index is 2.32. The van der Waals surface area contributed by atoms with Gasteiger partial charge in [0.2, 0.25) is 22.4 Å². The lowest BCUT2D eigenvalue weighted by molar-refractivity contribution is -0.121. The molecule has 0 spiro atoms. The molecule has 1 atom stereocenters. The number of amides is 1. The molecule has 0 aliphatic carbocycles. The van der Waals surface area contributed by atoms with Gasteiger partial charge in [-0.3, -0.25) is 4.79 Å². The lowest BCUT2D eigenvalue weighted by Gasteiger charge is -2.33. The van der Waals surface area contributed by atoms with Gasteiger partial charge in [0.15, 0.2) is 0 Å². The third kappa shape index (κ3) is 2.74. The summed E-state index contributed by atoms with van der Waals surface area (Å²) in [5, 5.41) is -0.0653. The van der Waals surface area contributed by atoms with E-state index in [0.717, 1.165) is 0 Å². The van der Waals surface area contributed by atoms with Crippen LogP contribution in [-0.4, -0.2) is 46.7 Å². The molecule has 0 radical (unpaired) electrons. The maximum atomic E-state index is 11.3. The smallest absolute Gasteiger partial charge is 0.242 e. The van der Waals surface area contributed by atoms with Crippen LogP contribution in [0, 0.1) is 0 Å². The number of aromatic nitrogens is 3. The zero-order chi connectivity index (χ0) is 12.4. The van der Waals surface area contributed by atoms with E-state index < -0.39 is 11.9 Å². The SMILES string of the molecule is NC(=O)C1COCCN1c1nc(Cl)nc(Cl)n1. The number of primary amides is 1. The summed E-state index contributed by atoms with van der Waals surface area (Å²) in [5.74, 6) is -0.292. The molecule has 2 heterocycles. The number of nitrogens with zero attached hydrogens (tertiary/aromatic N) is 4. The first kappa shape index (κ1) is 12.3. The Hall–Kier alpha value is -1.18. The average molecular weight is 278 g/mol. The van der Waals surface area contributed by atoms with E-state index in [0.29, 0.717) is 13.2 Å². The number of hydrogen-bond donors (Lipinski definition) is 1. The van der Waals surface area contributed by atoms with Gasteiger partial charge in [0.1, 0.15) is 6.04 Å². The molecule has 0 saturated carbocycles. The molecular weight excluding hydrogens is 269 g/mol. The van der Waals surface area contributed by atoms with Crippen molar-refractivity contribution in [3.05, 3.63) is 10.6 Å². The van der Waals surface area contributed by atoms with Gasteiger partial charge >= 0.3 is 0 Å². The van der Waals surface area contributed by atoms with Crippen molar-refractivity contribution in [2.75, 3.05) is 24.7 Å². The van der Waals surface area contributed by atoms with Crippen LogP contribution >= 0.6 is 23.2 Å². The summed E-state index contributed by atoms with van der Waals surface area (Å²) in [4.78, 5) is 24.3. The minimum absolute atomic E-state index is 0.0327. The number of carbonyl (C=O) groups excluding carboxylic acids is 1. The summed E-state index contributed by atoms with van der Waals surface area (Å²) in [6, 6.07) is -0.627. The van der Waals surface area contributed by atoms with Crippen molar-refractivity contribution in [3.63, 3.8) is 0 Å². The van der Waals surface area contributed by atoms with E-state index in [1.54, 1.807) is 4.90 Å². The first-order valence-corrected chi connectivity index (χ1v) is 5.54. The molecule has 0 bridgehead atoms. The predicted molar refractivity (Wildman–Crippen MR) is 61.0 cm³/mol. The van der Waals surface area contributed by atoms with E-state index in [2.05, 4.69) is 15.0 Å². The summed E-state index contributed by atoms with van der Waals surface area (Å²) in [7, 11) is 0. The Morgan fingerprint density at radius 3 is 2.59 bits per heavy atom. The van der Waals surface area contributed by atoms with Gasteiger partial charge in [0.25, 0.3) is 0 Å². The van der Waals surface area contributed by atoms with Crippen LogP contribution in [-0.2, 0) is 9.53 Å². The first-order chi connectivity index (χ1) is 8.08. The van der Waals surface area contributed by atoms with Gasteiger partial charge in [-0.25, -0.2) is 0 Å². The Morgan fingerprint density at radius 1 is 1.35 bits per heavy atom. The van der Waals surface area contributed by atoms with Crippen LogP contribution in [0.25, 0.3) is 0 Å². The van der Waals surface area contributed by atoms with Crippen LogP contribution in [0.4, 0.5) is 5.95 Å². The zero-order valence-electron chi connectivity index (χ0n) is 8.64. The largest absolute Gasteiger partial charge is 0.377 e. The van der Waals surface area contributed by atoms with E-state index in [4.69, 9.17) is 33.7 Å². The van der Waals surface area contributed by atoms with E-state index in [9.17, 15) is 4.79 Å². The van der Waals surface area contributed by atoms with Crippen molar-refractivity contribution in [2.45, 2.75) is 6.04 Å². The molecule has 1 aromatic heterocycles. The summed E-state index contributed by atoms with van der Waals surface area (Å²) in [6.45, 7) is 1.07. The van der Waals surface area contributed by atoms with Gasteiger partial charge in [-0.15, -0.1) is 0 Å². The van der Waals surface area contributed by atoms with Crippen molar-refractivity contribution in [2.24, 2.45) is 5.73 Å². The molecule has 1 aliphatic rings. The van der Waals surface area contributed by atoms with Gasteiger partial charge in [-0.2, -0.15) is 15.0 Å². The van der Waals surface area contributed by atoms with Crippen molar-refractivity contribution in [3.8, 4) is 0 Å². The average Bonchev–Trinajstić information content (AvgIpc) is 2.27. The monoisotopic (exact) mass is 277 g/mol. The Bertz CT molecular complexity index is 424. The molecule has 1 aliphatic heterocycles. The van der Waals surface area contributed by atoms with Gasteiger partial charge in [-0.1, -0.05) is 0 Å². The highest BCUT2D eigenvalue weighted by atomic mass is 35.5. The molecule has 2 rings (SSSR count). The van der Waals surface area contributed by atoms with E-state index in [1.807, 2.05) is 0 Å². The van der Waals surface area contributed by atoms with Crippen LogP contribution < -0.4 is 10.6 Å². The molecule has 2 N–H and O–H groups in total. The van der Waals surface area contributed by atoms with Crippen LogP contribution in [0.15, 0.2) is 0 Å². The highest BCUT2D eigenvalue weighted by molar-refractivity contribution is 6.31. The predicted octanol–water partition coefficient (Wildman–Crippen LogP) is -0.131. The highest BCUT2D eigenvalue weighted by Crippen LogP contribution is 2.18. The summed E-state index contributed by atoms with van der Waals surface area (Å²) in [5.41, 5.74) is 5.27. The Morgan fingerprint density at radius 2 is 2.00 bits per heavy atom. The molecule has 92 valence electrons. The maximum absolute atomic E-state index is 11.3. The fraction of sp³-hybridized carbons (Fsp3) is 0.500. The molecule has 1 aromatic rings. The fourth-order valence-corrected chi connectivity index (χ4v) is 1.88. The van der Waals surface area contributed by atoms with Crippen molar-refractivity contribution in [1.29, 1.82) is 0 Å². The normalized spacial score (nSPS) is 20.4. The number of ether oxygens (including phenoxy) is 1. The number of morpholine rings is 1. The van der Waals surface area contributed by atoms with Crippen LogP contribution in [0.3, 0.4) is 0 Å². The quantitative estimate of drug-likeness (QED) is 0.809. The second kappa shape index (κ2) is 4.99.